The fourth-order valence-electron chi connectivity index (χ4n) is 2.99. The van der Waals surface area contributed by atoms with Crippen molar-refractivity contribution in [2.24, 2.45) is 0 Å². The zero-order chi connectivity index (χ0) is 20.8. The van der Waals surface area contributed by atoms with Crippen LogP contribution in [0.15, 0.2) is 46.7 Å². The maximum Gasteiger partial charge on any atom is 0.265 e. The molecule has 0 saturated heterocycles. The Morgan fingerprint density at radius 3 is 2.76 bits per heavy atom. The van der Waals surface area contributed by atoms with Crippen LogP contribution in [-0.2, 0) is 14.8 Å². The molecule has 0 bridgehead atoms. The molecule has 2 aromatic carbocycles. The quantitative estimate of drug-likeness (QED) is 0.655. The number of nitrogens with zero attached hydrogens (tertiary/aromatic N) is 1. The molecular formula is C20H19N3O4S2. The molecule has 0 aliphatic carbocycles. The lowest BCUT2D eigenvalue weighted by Gasteiger charge is -2.23. The second-order valence-corrected chi connectivity index (χ2v) is 9.38. The monoisotopic (exact) mass is 429 g/mol. The van der Waals surface area contributed by atoms with Gasteiger partial charge in [0.15, 0.2) is 11.2 Å². The van der Waals surface area contributed by atoms with Crippen LogP contribution in [0.1, 0.15) is 18.1 Å². The minimum absolute atomic E-state index is 0.213. The number of ether oxygens (including phenoxy) is 1. The lowest BCUT2D eigenvalue weighted by Crippen LogP contribution is -2.34. The highest BCUT2D eigenvalue weighted by atomic mass is 32.2. The van der Waals surface area contributed by atoms with Crippen molar-refractivity contribution in [2.75, 3.05) is 10.0 Å². The lowest BCUT2D eigenvalue weighted by molar-refractivity contribution is -0.122. The van der Waals surface area contributed by atoms with Gasteiger partial charge >= 0.3 is 0 Å². The first-order valence-electron chi connectivity index (χ1n) is 8.90. The van der Waals surface area contributed by atoms with E-state index < -0.39 is 16.1 Å². The normalized spacial score (nSPS) is 16.0. The molecule has 9 heteroatoms. The van der Waals surface area contributed by atoms with Crippen molar-refractivity contribution in [2.45, 2.75) is 31.8 Å². The zero-order valence-corrected chi connectivity index (χ0v) is 17.6. The van der Waals surface area contributed by atoms with Crippen LogP contribution in [0.2, 0.25) is 0 Å². The number of hydrogen-bond acceptors (Lipinski definition) is 6. The first-order chi connectivity index (χ1) is 13.7. The van der Waals surface area contributed by atoms with Gasteiger partial charge in [-0.3, -0.25) is 9.52 Å². The number of carbonyl (C=O) groups excluding carboxylic acids is 1. The van der Waals surface area contributed by atoms with Crippen LogP contribution >= 0.6 is 11.3 Å². The Hall–Kier alpha value is -2.91. The molecule has 2 N–H and O–H groups in total. The summed E-state index contributed by atoms with van der Waals surface area (Å²) in [6, 6.07) is 10.6. The maximum atomic E-state index is 12.8. The molecular weight excluding hydrogens is 410 g/mol. The van der Waals surface area contributed by atoms with Gasteiger partial charge in [-0.2, -0.15) is 0 Å². The van der Waals surface area contributed by atoms with E-state index in [1.165, 1.54) is 11.3 Å². The summed E-state index contributed by atoms with van der Waals surface area (Å²) in [7, 11) is -3.74. The number of aryl methyl sites for hydroxylation is 2. The van der Waals surface area contributed by atoms with Crippen LogP contribution in [0.25, 0.3) is 11.3 Å². The van der Waals surface area contributed by atoms with Gasteiger partial charge in [0.1, 0.15) is 5.75 Å². The summed E-state index contributed by atoms with van der Waals surface area (Å²) in [4.78, 5) is 16.5. The molecule has 0 spiro atoms. The third kappa shape index (κ3) is 3.83. The predicted molar refractivity (Wildman–Crippen MR) is 113 cm³/mol. The van der Waals surface area contributed by atoms with E-state index in [1.807, 2.05) is 19.1 Å². The van der Waals surface area contributed by atoms with Crippen LogP contribution in [0.5, 0.6) is 5.75 Å². The molecule has 0 saturated carbocycles. The van der Waals surface area contributed by atoms with Gasteiger partial charge in [-0.1, -0.05) is 12.1 Å². The van der Waals surface area contributed by atoms with Gasteiger partial charge in [-0.15, -0.1) is 11.3 Å². The first-order valence-corrected chi connectivity index (χ1v) is 11.3. The molecule has 3 aromatic rings. The molecule has 1 aliphatic heterocycles. The van der Waals surface area contributed by atoms with Crippen LogP contribution in [0.3, 0.4) is 0 Å². The van der Waals surface area contributed by atoms with Crippen molar-refractivity contribution in [1.29, 1.82) is 0 Å². The van der Waals surface area contributed by atoms with Crippen LogP contribution < -0.4 is 14.8 Å². The molecule has 1 amide bonds. The predicted octanol–water partition coefficient (Wildman–Crippen LogP) is 3.95. The third-order valence-corrected chi connectivity index (χ3v) is 6.93. The smallest absolute Gasteiger partial charge is 0.265 e. The van der Waals surface area contributed by atoms with E-state index in [0.29, 0.717) is 22.7 Å². The highest BCUT2D eigenvalue weighted by molar-refractivity contribution is 7.93. The van der Waals surface area contributed by atoms with Gasteiger partial charge in [0.25, 0.3) is 15.9 Å². The second kappa shape index (κ2) is 7.16. The van der Waals surface area contributed by atoms with E-state index in [1.54, 1.807) is 43.5 Å². The fraction of sp³-hybridized carbons (Fsp3) is 0.200. The van der Waals surface area contributed by atoms with E-state index in [0.717, 1.165) is 11.1 Å². The molecule has 0 fully saturated rings. The van der Waals surface area contributed by atoms with Gasteiger partial charge in [0, 0.05) is 10.9 Å². The van der Waals surface area contributed by atoms with Crippen LogP contribution in [0, 0.1) is 13.8 Å². The number of rotatable bonds is 4. The standard InChI is InChI=1S/C20H19N3O4S2/c1-11-4-5-12(2)18(8-11)29(25,26)23-20-22-16(10-28-20)14-6-7-17-15(9-14)21-19(24)13(3)27-17/h4-10,13H,1-3H3,(H,21,24)(H,22,23). The highest BCUT2D eigenvalue weighted by Gasteiger charge is 2.24. The summed E-state index contributed by atoms with van der Waals surface area (Å²) in [6.45, 7) is 5.28. The summed E-state index contributed by atoms with van der Waals surface area (Å²) < 4.78 is 33.6. The number of carbonyl (C=O) groups is 1. The molecule has 29 heavy (non-hydrogen) atoms. The van der Waals surface area contributed by atoms with Crippen molar-refractivity contribution in [3.63, 3.8) is 0 Å². The number of hydrogen-bond donors (Lipinski definition) is 2. The number of fused-ring (bicyclic) bond motifs is 1. The topological polar surface area (TPSA) is 97.4 Å². The van der Waals surface area contributed by atoms with Crippen molar-refractivity contribution in [3.8, 4) is 17.0 Å². The van der Waals surface area contributed by atoms with Crippen molar-refractivity contribution in [3.05, 3.63) is 52.9 Å². The second-order valence-electron chi connectivity index (χ2n) is 6.87. The molecule has 0 radical (unpaired) electrons. The van der Waals surface area contributed by atoms with E-state index in [2.05, 4.69) is 15.0 Å². The zero-order valence-electron chi connectivity index (χ0n) is 16.0. The molecule has 7 nitrogen and oxygen atoms in total. The van der Waals surface area contributed by atoms with Gasteiger partial charge in [-0.25, -0.2) is 13.4 Å². The Morgan fingerprint density at radius 2 is 1.97 bits per heavy atom. The fourth-order valence-corrected chi connectivity index (χ4v) is 5.29. The van der Waals surface area contributed by atoms with E-state index in [4.69, 9.17) is 4.74 Å². The Bertz CT molecular complexity index is 1220. The van der Waals surface area contributed by atoms with Gasteiger partial charge in [0.05, 0.1) is 16.3 Å². The van der Waals surface area contributed by atoms with Gasteiger partial charge < -0.3 is 10.1 Å². The lowest BCUT2D eigenvalue weighted by atomic mass is 10.1. The van der Waals surface area contributed by atoms with E-state index in [9.17, 15) is 13.2 Å². The SMILES string of the molecule is Cc1ccc(C)c(S(=O)(=O)Nc2nc(-c3ccc4c(c3)NC(=O)C(C)O4)cs2)c1. The molecule has 2 heterocycles. The molecule has 1 aliphatic rings. The summed E-state index contributed by atoms with van der Waals surface area (Å²) in [5.41, 5.74) is 3.44. The number of thiazole rings is 1. The number of aromatic nitrogens is 1. The van der Waals surface area contributed by atoms with Crippen molar-refractivity contribution in [1.82, 2.24) is 4.98 Å². The Balaban J connectivity index is 1.60. The Labute approximate surface area is 172 Å². The van der Waals surface area contributed by atoms with Gasteiger partial charge in [0.2, 0.25) is 0 Å². The van der Waals surface area contributed by atoms with Crippen LogP contribution in [0.4, 0.5) is 10.8 Å². The average Bonchev–Trinajstić information content (AvgIpc) is 3.12. The summed E-state index contributed by atoms with van der Waals surface area (Å²) in [5, 5.41) is 4.83. The van der Waals surface area contributed by atoms with Gasteiger partial charge in [-0.05, 0) is 56.2 Å². The summed E-state index contributed by atoms with van der Waals surface area (Å²) in [6.07, 6.45) is -0.543. The van der Waals surface area contributed by atoms with Crippen molar-refractivity contribution >= 4 is 38.1 Å². The maximum absolute atomic E-state index is 12.8. The summed E-state index contributed by atoms with van der Waals surface area (Å²) >= 11 is 1.19. The largest absolute Gasteiger partial charge is 0.479 e. The Kier molecular flexibility index (Phi) is 4.79. The number of nitrogens with one attached hydrogen (secondary N) is 2. The molecule has 1 atom stereocenters. The molecule has 1 unspecified atom stereocenters. The average molecular weight is 430 g/mol. The Morgan fingerprint density at radius 1 is 1.17 bits per heavy atom. The molecule has 150 valence electrons. The third-order valence-electron chi connectivity index (χ3n) is 4.57. The highest BCUT2D eigenvalue weighted by Crippen LogP contribution is 2.35. The number of amides is 1. The molecule has 1 aromatic heterocycles. The van der Waals surface area contributed by atoms with Crippen molar-refractivity contribution < 1.29 is 17.9 Å². The first kappa shape index (κ1) is 19.4. The molecule has 4 rings (SSSR count). The number of sulfonamides is 1. The van der Waals surface area contributed by atoms with E-state index >= 15 is 0 Å². The minimum atomic E-state index is -3.74. The minimum Gasteiger partial charge on any atom is -0.479 e. The van der Waals surface area contributed by atoms with Crippen LogP contribution in [-0.4, -0.2) is 25.4 Å². The number of anilines is 2. The van der Waals surface area contributed by atoms with E-state index in [-0.39, 0.29) is 15.9 Å². The number of benzene rings is 2. The summed E-state index contributed by atoms with van der Waals surface area (Å²) in [5.74, 6) is 0.377.